The summed E-state index contributed by atoms with van der Waals surface area (Å²) in [4.78, 5) is 4.52. The van der Waals surface area contributed by atoms with Gasteiger partial charge in [-0.25, -0.2) is 0 Å². The van der Waals surface area contributed by atoms with Crippen molar-refractivity contribution in [2.24, 2.45) is 0 Å². The fourth-order valence-corrected chi connectivity index (χ4v) is 4.28. The molecular formula is C17H6Cl6IN. The minimum atomic E-state index is 0.301. The third-order valence-corrected chi connectivity index (χ3v) is 6.89. The summed E-state index contributed by atoms with van der Waals surface area (Å²) >= 11 is 39.0. The van der Waals surface area contributed by atoms with Crippen LogP contribution >= 0.6 is 92.2 Å². The Hall–Kier alpha value is 0.0600. The quantitative estimate of drug-likeness (QED) is 0.224. The Morgan fingerprint density at radius 1 is 0.680 bits per heavy atom. The molecule has 0 aliphatic carbocycles. The molecule has 8 heteroatoms. The zero-order valence-electron chi connectivity index (χ0n) is 12.1. The SMILES string of the molecule is Clc1ccc(-c2cnc(-c3ccc(Cl)c(Cl)c3Cl)c(I)c2)c(Cl)c1Cl. The van der Waals surface area contributed by atoms with Crippen LogP contribution in [0, 0.1) is 3.57 Å². The van der Waals surface area contributed by atoms with Crippen LogP contribution in [-0.4, -0.2) is 4.98 Å². The van der Waals surface area contributed by atoms with Gasteiger partial charge < -0.3 is 0 Å². The van der Waals surface area contributed by atoms with E-state index in [0.29, 0.717) is 41.4 Å². The van der Waals surface area contributed by atoms with Crippen molar-refractivity contribution in [2.75, 3.05) is 0 Å². The summed E-state index contributed by atoms with van der Waals surface area (Å²) in [6, 6.07) is 8.91. The lowest BCUT2D eigenvalue weighted by Crippen LogP contribution is -1.92. The van der Waals surface area contributed by atoms with E-state index in [2.05, 4.69) is 27.6 Å². The van der Waals surface area contributed by atoms with Crippen LogP contribution in [0.1, 0.15) is 0 Å². The average molecular weight is 564 g/mol. The number of nitrogens with zero attached hydrogens (tertiary/aromatic N) is 1. The highest BCUT2D eigenvalue weighted by Gasteiger charge is 2.16. The van der Waals surface area contributed by atoms with Gasteiger partial charge in [0.15, 0.2) is 0 Å². The summed E-state index contributed by atoms with van der Waals surface area (Å²) in [6.07, 6.45) is 1.70. The van der Waals surface area contributed by atoms with E-state index in [-0.39, 0.29) is 0 Å². The predicted molar refractivity (Wildman–Crippen MR) is 118 cm³/mol. The molecule has 0 bridgehead atoms. The summed E-state index contributed by atoms with van der Waals surface area (Å²) < 4.78 is 0.873. The smallest absolute Gasteiger partial charge is 0.0851 e. The molecule has 25 heavy (non-hydrogen) atoms. The summed E-state index contributed by atoms with van der Waals surface area (Å²) in [5.41, 5.74) is 2.96. The highest BCUT2D eigenvalue weighted by molar-refractivity contribution is 14.1. The molecule has 0 aliphatic rings. The lowest BCUT2D eigenvalue weighted by atomic mass is 10.1. The average Bonchev–Trinajstić information content (AvgIpc) is 2.58. The Kier molecular flexibility index (Phi) is 6.32. The van der Waals surface area contributed by atoms with Gasteiger partial charge in [0.05, 0.1) is 35.8 Å². The molecule has 0 saturated heterocycles. The summed E-state index contributed by atoms with van der Waals surface area (Å²) in [6.45, 7) is 0. The van der Waals surface area contributed by atoms with Crippen molar-refractivity contribution in [3.63, 3.8) is 0 Å². The van der Waals surface area contributed by atoms with Crippen LogP contribution in [0.2, 0.25) is 30.1 Å². The van der Waals surface area contributed by atoms with Crippen LogP contribution in [-0.2, 0) is 0 Å². The number of hydrogen-bond donors (Lipinski definition) is 0. The second-order valence-electron chi connectivity index (χ2n) is 5.00. The molecule has 2 aromatic carbocycles. The Labute approximate surface area is 188 Å². The van der Waals surface area contributed by atoms with Crippen molar-refractivity contribution in [1.29, 1.82) is 0 Å². The molecular weight excluding hydrogens is 558 g/mol. The molecule has 0 spiro atoms. The highest BCUT2D eigenvalue weighted by atomic mass is 127. The first kappa shape index (κ1) is 19.8. The molecule has 1 heterocycles. The van der Waals surface area contributed by atoms with Gasteiger partial charge in [0.1, 0.15) is 0 Å². The van der Waals surface area contributed by atoms with Gasteiger partial charge in [0.2, 0.25) is 0 Å². The summed E-state index contributed by atoms with van der Waals surface area (Å²) in [5, 5.41) is 2.15. The third kappa shape index (κ3) is 3.86. The van der Waals surface area contributed by atoms with E-state index in [9.17, 15) is 0 Å². The van der Waals surface area contributed by atoms with E-state index in [1.54, 1.807) is 30.5 Å². The lowest BCUT2D eigenvalue weighted by molar-refractivity contribution is 1.30. The van der Waals surface area contributed by atoms with Crippen LogP contribution in [0.5, 0.6) is 0 Å². The molecule has 0 saturated carbocycles. The largest absolute Gasteiger partial charge is 0.254 e. The molecule has 0 aliphatic heterocycles. The van der Waals surface area contributed by atoms with Crippen molar-refractivity contribution >= 4 is 92.2 Å². The van der Waals surface area contributed by atoms with Gasteiger partial charge in [0, 0.05) is 26.5 Å². The van der Waals surface area contributed by atoms with E-state index in [4.69, 9.17) is 69.6 Å². The van der Waals surface area contributed by atoms with Crippen molar-refractivity contribution in [2.45, 2.75) is 0 Å². The highest BCUT2D eigenvalue weighted by Crippen LogP contribution is 2.41. The predicted octanol–water partition coefficient (Wildman–Crippen LogP) is 8.94. The molecule has 128 valence electrons. The molecule has 1 aromatic heterocycles. The Morgan fingerprint density at radius 3 is 1.76 bits per heavy atom. The maximum absolute atomic E-state index is 6.31. The van der Waals surface area contributed by atoms with E-state index < -0.39 is 0 Å². The third-order valence-electron chi connectivity index (χ3n) is 3.48. The number of aromatic nitrogens is 1. The van der Waals surface area contributed by atoms with Gasteiger partial charge in [-0.3, -0.25) is 4.98 Å². The molecule has 0 unspecified atom stereocenters. The number of hydrogen-bond acceptors (Lipinski definition) is 1. The van der Waals surface area contributed by atoms with Gasteiger partial charge >= 0.3 is 0 Å². The number of halogens is 7. The minimum absolute atomic E-state index is 0.301. The van der Waals surface area contributed by atoms with Gasteiger partial charge in [-0.1, -0.05) is 75.7 Å². The van der Waals surface area contributed by atoms with Crippen LogP contribution in [0.4, 0.5) is 0 Å². The summed E-state index contributed by atoms with van der Waals surface area (Å²) in [7, 11) is 0. The first-order valence-electron chi connectivity index (χ1n) is 6.74. The molecule has 3 aromatic rings. The Morgan fingerprint density at radius 2 is 1.20 bits per heavy atom. The standard InChI is InChI=1S/C17H6Cl6IN/c18-10-3-1-8(13(20)15(10)22)7-5-12(24)17(25-6-7)9-2-4-11(19)16(23)14(9)21/h1-6H. The number of benzene rings is 2. The van der Waals surface area contributed by atoms with Crippen molar-refractivity contribution in [1.82, 2.24) is 4.98 Å². The summed E-state index contributed by atoms with van der Waals surface area (Å²) in [5.74, 6) is 0. The lowest BCUT2D eigenvalue weighted by Gasteiger charge is -2.12. The van der Waals surface area contributed by atoms with Crippen molar-refractivity contribution in [3.05, 3.63) is 70.2 Å². The van der Waals surface area contributed by atoms with E-state index in [0.717, 1.165) is 14.7 Å². The van der Waals surface area contributed by atoms with Crippen LogP contribution in [0.15, 0.2) is 36.5 Å². The van der Waals surface area contributed by atoms with Crippen LogP contribution in [0.3, 0.4) is 0 Å². The zero-order chi connectivity index (χ0) is 18.3. The fourth-order valence-electron chi connectivity index (χ4n) is 2.24. The second-order valence-corrected chi connectivity index (χ2v) is 8.49. The van der Waals surface area contributed by atoms with Crippen molar-refractivity contribution in [3.8, 4) is 22.4 Å². The normalized spacial score (nSPS) is 11.0. The number of rotatable bonds is 2. The van der Waals surface area contributed by atoms with Crippen molar-refractivity contribution < 1.29 is 0 Å². The molecule has 0 fully saturated rings. The molecule has 1 nitrogen and oxygen atoms in total. The Balaban J connectivity index is 2.12. The van der Waals surface area contributed by atoms with E-state index >= 15 is 0 Å². The molecule has 0 atom stereocenters. The van der Waals surface area contributed by atoms with Gasteiger partial charge in [-0.05, 0) is 46.9 Å². The molecule has 0 amide bonds. The van der Waals surface area contributed by atoms with E-state index in [1.807, 2.05) is 6.07 Å². The maximum Gasteiger partial charge on any atom is 0.0851 e. The van der Waals surface area contributed by atoms with Crippen LogP contribution in [0.25, 0.3) is 22.4 Å². The number of pyridine rings is 1. The monoisotopic (exact) mass is 561 g/mol. The van der Waals surface area contributed by atoms with Crippen LogP contribution < -0.4 is 0 Å². The molecule has 0 radical (unpaired) electrons. The second kappa shape index (κ2) is 7.97. The van der Waals surface area contributed by atoms with Gasteiger partial charge in [-0.15, -0.1) is 0 Å². The minimum Gasteiger partial charge on any atom is -0.254 e. The first-order valence-corrected chi connectivity index (χ1v) is 10.1. The maximum atomic E-state index is 6.31. The topological polar surface area (TPSA) is 12.9 Å². The zero-order valence-corrected chi connectivity index (χ0v) is 18.8. The van der Waals surface area contributed by atoms with Gasteiger partial charge in [0.25, 0.3) is 0 Å². The molecule has 3 rings (SSSR count). The molecule has 0 N–H and O–H groups in total. The van der Waals surface area contributed by atoms with E-state index in [1.165, 1.54) is 0 Å². The fraction of sp³-hybridized carbons (Fsp3) is 0. The first-order chi connectivity index (χ1) is 11.8. The van der Waals surface area contributed by atoms with Gasteiger partial charge in [-0.2, -0.15) is 0 Å². The Bertz CT molecular complexity index is 989.